The zero-order valence-electron chi connectivity index (χ0n) is 12.9. The van der Waals surface area contributed by atoms with Gasteiger partial charge in [0.1, 0.15) is 5.60 Å². The number of nitrogens with zero attached hydrogens (tertiary/aromatic N) is 3. The molecule has 0 bridgehead atoms. The van der Waals surface area contributed by atoms with Crippen molar-refractivity contribution in [2.75, 3.05) is 12.3 Å². The Labute approximate surface area is 131 Å². The summed E-state index contributed by atoms with van der Waals surface area (Å²) in [7, 11) is -1.48. The van der Waals surface area contributed by atoms with Crippen LogP contribution in [0.2, 0.25) is 0 Å². The van der Waals surface area contributed by atoms with Crippen molar-refractivity contribution >= 4 is 16.9 Å². The molecule has 0 saturated carbocycles. The Bertz CT molecular complexity index is 559. The molecule has 8 heteroatoms. The molecule has 1 aromatic rings. The molecule has 1 amide bonds. The monoisotopic (exact) mass is 329 g/mol. The highest BCUT2D eigenvalue weighted by Gasteiger charge is 2.33. The number of rotatable bonds is 3. The number of hydrogen-bond donors (Lipinski definition) is 0. The lowest BCUT2D eigenvalue weighted by molar-refractivity contribution is 0.0241. The van der Waals surface area contributed by atoms with Gasteiger partial charge in [0.25, 0.3) is 0 Å². The fourth-order valence-electron chi connectivity index (χ4n) is 2.24. The van der Waals surface area contributed by atoms with Gasteiger partial charge in [0.15, 0.2) is 5.82 Å². The van der Waals surface area contributed by atoms with Crippen molar-refractivity contribution < 1.29 is 18.1 Å². The Morgan fingerprint density at radius 2 is 2.09 bits per heavy atom. The average Bonchev–Trinajstić information content (AvgIpc) is 2.85. The normalized spacial score (nSPS) is 20.0. The molecule has 1 fully saturated rings. The molecule has 1 aliphatic rings. The molecule has 1 saturated heterocycles. The van der Waals surface area contributed by atoms with Crippen molar-refractivity contribution in [3.63, 3.8) is 0 Å². The second-order valence-corrected chi connectivity index (χ2v) is 7.56. The molecule has 22 heavy (non-hydrogen) atoms. The second kappa shape index (κ2) is 6.68. The van der Waals surface area contributed by atoms with Gasteiger partial charge in [-0.05, 0) is 33.6 Å². The van der Waals surface area contributed by atoms with E-state index >= 15 is 0 Å². The number of carbonyl (C=O) groups excluding carboxylic acids is 1. The van der Waals surface area contributed by atoms with Crippen LogP contribution in [0.4, 0.5) is 9.18 Å². The predicted molar refractivity (Wildman–Crippen MR) is 79.2 cm³/mol. The molecule has 0 spiro atoms. The van der Waals surface area contributed by atoms with Crippen LogP contribution in [0.3, 0.4) is 0 Å². The molecular weight excluding hydrogens is 309 g/mol. The molecule has 0 radical (unpaired) electrons. The maximum Gasteiger partial charge on any atom is 0.410 e. The first-order valence-electron chi connectivity index (χ1n) is 7.12. The van der Waals surface area contributed by atoms with Gasteiger partial charge in [-0.1, -0.05) is 0 Å². The number of likely N-dealkylation sites (tertiary alicyclic amines) is 1. The fourth-order valence-corrected chi connectivity index (χ4v) is 3.42. The quantitative estimate of drug-likeness (QED) is 0.794. The topological polar surface area (TPSA) is 72.4 Å². The number of hydrogen-bond acceptors (Lipinski definition) is 5. The van der Waals surface area contributed by atoms with E-state index in [1.54, 1.807) is 25.7 Å². The molecule has 0 aromatic carbocycles. The van der Waals surface area contributed by atoms with Crippen molar-refractivity contribution in [2.45, 2.75) is 50.4 Å². The standard InChI is InChI=1S/C14H20FN3O3S/c1-14(2,3)21-13(19)18-6-4-5-11(18)9-22(20)12-16-7-10(15)8-17-12/h7-8,11H,4-6,9H2,1-3H3. The summed E-state index contributed by atoms with van der Waals surface area (Å²) in [5, 5.41) is 0.0810. The molecule has 1 aromatic heterocycles. The highest BCUT2D eigenvalue weighted by molar-refractivity contribution is 7.84. The lowest BCUT2D eigenvalue weighted by atomic mass is 10.2. The summed E-state index contributed by atoms with van der Waals surface area (Å²) in [5.74, 6) is -0.345. The first-order chi connectivity index (χ1) is 10.3. The van der Waals surface area contributed by atoms with Crippen molar-refractivity contribution in [1.29, 1.82) is 0 Å². The molecule has 6 nitrogen and oxygen atoms in total. The lowest BCUT2D eigenvalue weighted by Crippen LogP contribution is -2.42. The molecule has 2 rings (SSSR count). The number of halogens is 1. The van der Waals surface area contributed by atoms with E-state index in [4.69, 9.17) is 4.74 Å². The zero-order chi connectivity index (χ0) is 16.3. The third-order valence-electron chi connectivity index (χ3n) is 3.15. The van der Waals surface area contributed by atoms with Crippen molar-refractivity contribution in [2.24, 2.45) is 0 Å². The van der Waals surface area contributed by atoms with Crippen LogP contribution in [-0.2, 0) is 15.5 Å². The SMILES string of the molecule is CC(C)(C)OC(=O)N1CCCC1CS(=O)c1ncc(F)cn1. The van der Waals surface area contributed by atoms with Crippen LogP contribution in [0, 0.1) is 5.82 Å². The lowest BCUT2D eigenvalue weighted by Gasteiger charge is -2.28. The molecular formula is C14H20FN3O3S. The van der Waals surface area contributed by atoms with E-state index in [2.05, 4.69) is 9.97 Å². The Morgan fingerprint density at radius 1 is 1.45 bits per heavy atom. The van der Waals surface area contributed by atoms with Gasteiger partial charge in [-0.25, -0.2) is 19.2 Å². The highest BCUT2D eigenvalue weighted by Crippen LogP contribution is 2.22. The Balaban J connectivity index is 2.00. The minimum atomic E-state index is -1.48. The second-order valence-electron chi connectivity index (χ2n) is 6.17. The van der Waals surface area contributed by atoms with E-state index in [9.17, 15) is 13.4 Å². The summed E-state index contributed by atoms with van der Waals surface area (Å²) in [6.07, 6.45) is 3.17. The molecule has 2 atom stereocenters. The minimum absolute atomic E-state index is 0.0810. The molecule has 2 heterocycles. The van der Waals surface area contributed by atoms with Crippen LogP contribution in [0.15, 0.2) is 17.6 Å². The van der Waals surface area contributed by atoms with Crippen molar-refractivity contribution in [3.05, 3.63) is 18.2 Å². The molecule has 1 aliphatic heterocycles. The van der Waals surface area contributed by atoms with Crippen LogP contribution in [0.1, 0.15) is 33.6 Å². The summed E-state index contributed by atoms with van der Waals surface area (Å²) in [4.78, 5) is 21.2. The average molecular weight is 329 g/mol. The van der Waals surface area contributed by atoms with Gasteiger partial charge in [0, 0.05) is 12.6 Å². The third-order valence-corrected chi connectivity index (χ3v) is 4.45. The summed E-state index contributed by atoms with van der Waals surface area (Å²) in [6.45, 7) is 6.00. The molecule has 122 valence electrons. The predicted octanol–water partition coefficient (Wildman–Crippen LogP) is 2.12. The van der Waals surface area contributed by atoms with Gasteiger partial charge in [-0.3, -0.25) is 4.21 Å². The smallest absolute Gasteiger partial charge is 0.410 e. The first-order valence-corrected chi connectivity index (χ1v) is 8.44. The fraction of sp³-hybridized carbons (Fsp3) is 0.643. The molecule has 0 aliphatic carbocycles. The van der Waals surface area contributed by atoms with Crippen LogP contribution in [0.5, 0.6) is 0 Å². The maximum absolute atomic E-state index is 12.8. The summed E-state index contributed by atoms with van der Waals surface area (Å²) in [5.41, 5.74) is -0.566. The van der Waals surface area contributed by atoms with E-state index in [1.165, 1.54) is 0 Å². The van der Waals surface area contributed by atoms with Crippen molar-refractivity contribution in [3.8, 4) is 0 Å². The third kappa shape index (κ3) is 4.46. The van der Waals surface area contributed by atoms with Crippen LogP contribution in [-0.4, -0.2) is 49.1 Å². The highest BCUT2D eigenvalue weighted by atomic mass is 32.2. The van der Waals surface area contributed by atoms with Gasteiger partial charge >= 0.3 is 6.09 Å². The summed E-state index contributed by atoms with van der Waals surface area (Å²) < 4.78 is 30.4. The van der Waals surface area contributed by atoms with E-state index in [1.807, 2.05) is 0 Å². The van der Waals surface area contributed by atoms with Gasteiger partial charge in [0.05, 0.1) is 28.9 Å². The maximum atomic E-state index is 12.8. The Kier molecular flexibility index (Phi) is 5.10. The largest absolute Gasteiger partial charge is 0.444 e. The summed E-state index contributed by atoms with van der Waals surface area (Å²) >= 11 is 0. The van der Waals surface area contributed by atoms with E-state index in [0.717, 1.165) is 25.2 Å². The zero-order valence-corrected chi connectivity index (χ0v) is 13.7. The van der Waals surface area contributed by atoms with E-state index in [-0.39, 0.29) is 17.0 Å². The Hall–Kier alpha value is -1.57. The molecule has 2 unspecified atom stereocenters. The first kappa shape index (κ1) is 16.8. The minimum Gasteiger partial charge on any atom is -0.444 e. The van der Waals surface area contributed by atoms with Gasteiger partial charge < -0.3 is 9.64 Å². The van der Waals surface area contributed by atoms with Gasteiger partial charge in [0.2, 0.25) is 5.16 Å². The van der Waals surface area contributed by atoms with Gasteiger partial charge in [-0.2, -0.15) is 0 Å². The number of carbonyl (C=O) groups is 1. The van der Waals surface area contributed by atoms with Crippen LogP contribution in [0.25, 0.3) is 0 Å². The number of aromatic nitrogens is 2. The number of ether oxygens (including phenoxy) is 1. The van der Waals surface area contributed by atoms with E-state index < -0.39 is 28.3 Å². The number of amides is 1. The Morgan fingerprint density at radius 3 is 2.68 bits per heavy atom. The van der Waals surface area contributed by atoms with Crippen LogP contribution < -0.4 is 0 Å². The molecule has 0 N–H and O–H groups in total. The van der Waals surface area contributed by atoms with E-state index in [0.29, 0.717) is 6.54 Å². The van der Waals surface area contributed by atoms with Crippen molar-refractivity contribution in [1.82, 2.24) is 14.9 Å². The summed E-state index contributed by atoms with van der Waals surface area (Å²) in [6, 6.07) is -0.177. The van der Waals surface area contributed by atoms with Gasteiger partial charge in [-0.15, -0.1) is 0 Å². The van der Waals surface area contributed by atoms with Crippen LogP contribution >= 0.6 is 0 Å².